The molecule has 0 aliphatic carbocycles. The Morgan fingerprint density at radius 1 is 1.39 bits per heavy atom. The summed E-state index contributed by atoms with van der Waals surface area (Å²) in [5.74, 6) is -0.883. The molecular formula is C16H19BrN4O2. The highest BCUT2D eigenvalue weighted by Crippen LogP contribution is 2.21. The van der Waals surface area contributed by atoms with Gasteiger partial charge in [0.25, 0.3) is 0 Å². The molecule has 1 aromatic heterocycles. The molecule has 23 heavy (non-hydrogen) atoms. The molecule has 1 aliphatic rings. The van der Waals surface area contributed by atoms with Crippen molar-refractivity contribution in [3.05, 3.63) is 40.1 Å². The van der Waals surface area contributed by atoms with E-state index >= 15 is 0 Å². The minimum Gasteiger partial charge on any atom is -0.481 e. The largest absolute Gasteiger partial charge is 0.481 e. The molecule has 0 unspecified atom stereocenters. The maximum Gasteiger partial charge on any atom is 0.306 e. The Balaban J connectivity index is 1.70. The number of aliphatic carboxylic acids is 1. The molecular weight excluding hydrogens is 360 g/mol. The summed E-state index contributed by atoms with van der Waals surface area (Å²) < 4.78 is 2.84. The van der Waals surface area contributed by atoms with Crippen LogP contribution in [-0.4, -0.2) is 44.1 Å². The lowest BCUT2D eigenvalue weighted by Crippen LogP contribution is -2.36. The molecule has 122 valence electrons. The number of hydrogen-bond donors (Lipinski definition) is 1. The summed E-state index contributed by atoms with van der Waals surface area (Å²) in [5.41, 5.74) is 2.93. The maximum absolute atomic E-state index is 11.0. The first-order chi connectivity index (χ1) is 11.0. The quantitative estimate of drug-likeness (QED) is 0.885. The second-order valence-corrected chi connectivity index (χ2v) is 6.82. The zero-order valence-corrected chi connectivity index (χ0v) is 14.5. The molecule has 1 aromatic carbocycles. The van der Waals surface area contributed by atoms with Crippen LogP contribution in [0.2, 0.25) is 0 Å². The first-order valence-electron chi connectivity index (χ1n) is 7.67. The van der Waals surface area contributed by atoms with Gasteiger partial charge in [0.05, 0.1) is 17.3 Å². The van der Waals surface area contributed by atoms with E-state index in [9.17, 15) is 4.79 Å². The van der Waals surface area contributed by atoms with Crippen molar-refractivity contribution in [2.45, 2.75) is 26.3 Å². The SMILES string of the molecule is Cc1c(CN2CCC(C(=O)O)CC2)nnn1-c1cccc(Br)c1. The lowest BCUT2D eigenvalue weighted by atomic mass is 9.97. The molecule has 1 aliphatic heterocycles. The number of carboxylic acid groups (broad SMARTS) is 1. The molecule has 1 fully saturated rings. The first-order valence-corrected chi connectivity index (χ1v) is 8.46. The van der Waals surface area contributed by atoms with Crippen molar-refractivity contribution in [2.75, 3.05) is 13.1 Å². The molecule has 3 rings (SSSR count). The van der Waals surface area contributed by atoms with Crippen LogP contribution in [0.5, 0.6) is 0 Å². The molecule has 0 radical (unpaired) electrons. The molecule has 6 nitrogen and oxygen atoms in total. The van der Waals surface area contributed by atoms with Crippen molar-refractivity contribution < 1.29 is 9.90 Å². The van der Waals surface area contributed by atoms with Gasteiger partial charge in [0.2, 0.25) is 0 Å². The molecule has 0 amide bonds. The average Bonchev–Trinajstić information content (AvgIpc) is 2.89. The second-order valence-electron chi connectivity index (χ2n) is 5.90. The molecule has 1 saturated heterocycles. The molecule has 1 N–H and O–H groups in total. The van der Waals surface area contributed by atoms with E-state index in [-0.39, 0.29) is 5.92 Å². The van der Waals surface area contributed by atoms with E-state index in [1.54, 1.807) is 0 Å². The third-order valence-electron chi connectivity index (χ3n) is 4.35. The summed E-state index contributed by atoms with van der Waals surface area (Å²) in [6, 6.07) is 7.94. The van der Waals surface area contributed by atoms with E-state index in [0.717, 1.165) is 34.6 Å². The lowest BCUT2D eigenvalue weighted by Gasteiger charge is -2.29. The number of halogens is 1. The third kappa shape index (κ3) is 3.61. The van der Waals surface area contributed by atoms with Gasteiger partial charge in [-0.3, -0.25) is 9.69 Å². The third-order valence-corrected chi connectivity index (χ3v) is 4.85. The predicted octanol–water partition coefficient (Wildman–Crippen LogP) is 2.63. The van der Waals surface area contributed by atoms with E-state index < -0.39 is 5.97 Å². The van der Waals surface area contributed by atoms with Gasteiger partial charge in [-0.1, -0.05) is 27.2 Å². The Morgan fingerprint density at radius 3 is 2.78 bits per heavy atom. The van der Waals surface area contributed by atoms with Crippen LogP contribution in [0.3, 0.4) is 0 Å². The van der Waals surface area contributed by atoms with Crippen LogP contribution in [0, 0.1) is 12.8 Å². The number of piperidine rings is 1. The van der Waals surface area contributed by atoms with Gasteiger partial charge in [-0.05, 0) is 51.1 Å². The number of rotatable bonds is 4. The van der Waals surface area contributed by atoms with Crippen LogP contribution >= 0.6 is 15.9 Å². The fourth-order valence-electron chi connectivity index (χ4n) is 2.91. The van der Waals surface area contributed by atoms with E-state index in [2.05, 4.69) is 31.1 Å². The smallest absolute Gasteiger partial charge is 0.306 e. The second kappa shape index (κ2) is 6.80. The van der Waals surface area contributed by atoms with Crippen molar-refractivity contribution in [2.24, 2.45) is 5.92 Å². The van der Waals surface area contributed by atoms with Gasteiger partial charge in [0.1, 0.15) is 5.69 Å². The number of benzene rings is 1. The van der Waals surface area contributed by atoms with Crippen molar-refractivity contribution >= 4 is 21.9 Å². The van der Waals surface area contributed by atoms with Crippen LogP contribution in [0.25, 0.3) is 5.69 Å². The van der Waals surface area contributed by atoms with Crippen molar-refractivity contribution in [3.8, 4) is 5.69 Å². The van der Waals surface area contributed by atoms with E-state index in [1.807, 2.05) is 35.9 Å². The number of likely N-dealkylation sites (tertiary alicyclic amines) is 1. The number of carbonyl (C=O) groups is 1. The molecule has 0 spiro atoms. The fourth-order valence-corrected chi connectivity index (χ4v) is 3.30. The minimum atomic E-state index is -0.679. The summed E-state index contributed by atoms with van der Waals surface area (Å²) in [6.45, 7) is 4.31. The normalized spacial score (nSPS) is 16.6. The zero-order valence-electron chi connectivity index (χ0n) is 12.9. The van der Waals surface area contributed by atoms with Gasteiger partial charge in [-0.15, -0.1) is 5.10 Å². The number of carboxylic acids is 1. The minimum absolute atomic E-state index is 0.204. The molecule has 0 bridgehead atoms. The number of aromatic nitrogens is 3. The lowest BCUT2D eigenvalue weighted by molar-refractivity contribution is -0.143. The van der Waals surface area contributed by atoms with Crippen LogP contribution < -0.4 is 0 Å². The van der Waals surface area contributed by atoms with Gasteiger partial charge in [-0.25, -0.2) is 4.68 Å². The first kappa shape index (κ1) is 16.1. The average molecular weight is 379 g/mol. The Kier molecular flexibility index (Phi) is 4.77. The highest BCUT2D eigenvalue weighted by Gasteiger charge is 2.25. The molecule has 0 atom stereocenters. The summed E-state index contributed by atoms with van der Waals surface area (Å²) in [5, 5.41) is 17.6. The molecule has 2 aromatic rings. The Bertz CT molecular complexity index is 708. The predicted molar refractivity (Wildman–Crippen MR) is 89.4 cm³/mol. The van der Waals surface area contributed by atoms with Gasteiger partial charge in [0.15, 0.2) is 0 Å². The van der Waals surface area contributed by atoms with Crippen LogP contribution in [0.15, 0.2) is 28.7 Å². The van der Waals surface area contributed by atoms with Crippen LogP contribution in [0.4, 0.5) is 0 Å². The fraction of sp³-hybridized carbons (Fsp3) is 0.438. The van der Waals surface area contributed by atoms with E-state index in [0.29, 0.717) is 19.4 Å². The van der Waals surface area contributed by atoms with Crippen molar-refractivity contribution in [3.63, 3.8) is 0 Å². The van der Waals surface area contributed by atoms with Crippen LogP contribution in [0.1, 0.15) is 24.2 Å². The summed E-state index contributed by atoms with van der Waals surface area (Å²) in [4.78, 5) is 13.3. The Morgan fingerprint density at radius 2 is 2.13 bits per heavy atom. The van der Waals surface area contributed by atoms with Gasteiger partial charge in [0, 0.05) is 11.0 Å². The highest BCUT2D eigenvalue weighted by molar-refractivity contribution is 9.10. The topological polar surface area (TPSA) is 71.2 Å². The Labute approximate surface area is 143 Å². The van der Waals surface area contributed by atoms with E-state index in [1.165, 1.54) is 0 Å². The summed E-state index contributed by atoms with van der Waals surface area (Å²) in [7, 11) is 0. The zero-order chi connectivity index (χ0) is 16.4. The standard InChI is InChI=1S/C16H19BrN4O2/c1-11-15(10-20-7-5-12(6-8-20)16(22)23)18-19-21(11)14-4-2-3-13(17)9-14/h2-4,9,12H,5-8,10H2,1H3,(H,22,23). The van der Waals surface area contributed by atoms with Crippen molar-refractivity contribution in [1.29, 1.82) is 0 Å². The summed E-state index contributed by atoms with van der Waals surface area (Å²) >= 11 is 3.47. The van der Waals surface area contributed by atoms with E-state index in [4.69, 9.17) is 5.11 Å². The molecule has 0 saturated carbocycles. The number of hydrogen-bond acceptors (Lipinski definition) is 4. The molecule has 2 heterocycles. The monoisotopic (exact) mass is 378 g/mol. The van der Waals surface area contributed by atoms with Crippen molar-refractivity contribution in [1.82, 2.24) is 19.9 Å². The maximum atomic E-state index is 11.0. The Hall–Kier alpha value is -1.73. The number of nitrogens with zero attached hydrogens (tertiary/aromatic N) is 4. The summed E-state index contributed by atoms with van der Waals surface area (Å²) in [6.07, 6.45) is 1.41. The van der Waals surface area contributed by atoms with Gasteiger partial charge < -0.3 is 5.11 Å². The highest BCUT2D eigenvalue weighted by atomic mass is 79.9. The van der Waals surface area contributed by atoms with Gasteiger partial charge in [-0.2, -0.15) is 0 Å². The van der Waals surface area contributed by atoms with Gasteiger partial charge >= 0.3 is 5.97 Å². The molecule has 7 heteroatoms. The van der Waals surface area contributed by atoms with Crippen LogP contribution in [-0.2, 0) is 11.3 Å².